The smallest absolute Gasteiger partial charge is 0.315 e. The Hall–Kier alpha value is -3.62. The van der Waals surface area contributed by atoms with Crippen LogP contribution in [0.1, 0.15) is 18.5 Å². The summed E-state index contributed by atoms with van der Waals surface area (Å²) < 4.78 is 7.86. The molecular weight excluding hydrogens is 358 g/mol. The van der Waals surface area contributed by atoms with Crippen molar-refractivity contribution in [1.29, 1.82) is 0 Å². The molecule has 0 saturated carbocycles. The molecule has 0 aliphatic rings. The van der Waals surface area contributed by atoms with Crippen LogP contribution >= 0.6 is 0 Å². The summed E-state index contributed by atoms with van der Waals surface area (Å²) in [6.07, 6.45) is 1.73. The number of carbonyl (C=O) groups excluding carboxylic acids is 1. The minimum absolute atomic E-state index is 0.181. The van der Waals surface area contributed by atoms with Gasteiger partial charge in [0, 0.05) is 26.7 Å². The highest BCUT2D eigenvalue weighted by Gasteiger charge is 2.20. The molecule has 4 rings (SSSR count). The normalized spacial score (nSPS) is 12.4. The molecule has 1 aromatic carbocycles. The molecule has 1 atom stereocenters. The second-order valence-electron chi connectivity index (χ2n) is 6.69. The maximum absolute atomic E-state index is 11.5. The summed E-state index contributed by atoms with van der Waals surface area (Å²) in [5, 5.41) is 3.05. The number of amides is 2. The summed E-state index contributed by atoms with van der Waals surface area (Å²) in [7, 11) is 5.37. The van der Waals surface area contributed by atoms with Crippen molar-refractivity contribution in [2.24, 2.45) is 12.8 Å². The van der Waals surface area contributed by atoms with Crippen LogP contribution in [0.25, 0.3) is 33.7 Å². The minimum Gasteiger partial charge on any atom is -0.418 e. The number of primary amides is 1. The largest absolute Gasteiger partial charge is 0.418 e. The molecule has 28 heavy (non-hydrogen) atoms. The van der Waals surface area contributed by atoms with Crippen molar-refractivity contribution in [3.63, 3.8) is 0 Å². The number of pyridine rings is 1. The highest BCUT2D eigenvalue weighted by atomic mass is 16.4. The predicted octanol–water partition coefficient (Wildman–Crippen LogP) is 2.89. The van der Waals surface area contributed by atoms with Crippen molar-refractivity contribution in [3.8, 4) is 11.5 Å². The van der Waals surface area contributed by atoms with Crippen LogP contribution in [0.5, 0.6) is 0 Å². The molecule has 0 radical (unpaired) electrons. The molecule has 2 amide bonds. The van der Waals surface area contributed by atoms with Crippen LogP contribution < -0.4 is 11.1 Å². The molecule has 3 heterocycles. The lowest BCUT2D eigenvalue weighted by molar-refractivity contribution is 0.204. The quantitative estimate of drug-likeness (QED) is 0.563. The number of hydrogen-bond acceptors (Lipinski definition) is 6. The number of imidazole rings is 1. The van der Waals surface area contributed by atoms with Gasteiger partial charge >= 0.3 is 6.03 Å². The first-order valence-corrected chi connectivity index (χ1v) is 8.82. The zero-order valence-corrected chi connectivity index (χ0v) is 16.1. The van der Waals surface area contributed by atoms with E-state index in [2.05, 4.69) is 20.3 Å². The van der Waals surface area contributed by atoms with E-state index in [-0.39, 0.29) is 6.04 Å². The first-order valence-electron chi connectivity index (χ1n) is 8.82. The zero-order chi connectivity index (χ0) is 20.0. The van der Waals surface area contributed by atoms with Crippen LogP contribution in [0.4, 0.5) is 10.6 Å². The molecule has 0 spiro atoms. The standard InChI is InChI=1S/C19H21N7O2/c1-10(26(4)19(20)27)11-6-5-7-12(8-11)17-23-14-15-13(22-9-25(15)3)16(21-2)24-18(14)28-17/h5-10H,1-4H3,(H2,20,27)(H,21,24). The van der Waals surface area contributed by atoms with Crippen molar-refractivity contribution in [2.75, 3.05) is 19.4 Å². The minimum atomic E-state index is -0.484. The average Bonchev–Trinajstić information content (AvgIpc) is 3.29. The van der Waals surface area contributed by atoms with Gasteiger partial charge in [0.1, 0.15) is 11.0 Å². The van der Waals surface area contributed by atoms with Gasteiger partial charge in [-0.3, -0.25) is 0 Å². The number of nitrogens with one attached hydrogen (secondary N) is 1. The summed E-state index contributed by atoms with van der Waals surface area (Å²) in [5.41, 5.74) is 9.78. The second-order valence-corrected chi connectivity index (χ2v) is 6.69. The summed E-state index contributed by atoms with van der Waals surface area (Å²) in [5.74, 6) is 1.09. The van der Waals surface area contributed by atoms with Gasteiger partial charge in [0.05, 0.1) is 12.4 Å². The van der Waals surface area contributed by atoms with E-state index >= 15 is 0 Å². The molecule has 3 N–H and O–H groups in total. The lowest BCUT2D eigenvalue weighted by atomic mass is 10.0. The first kappa shape index (κ1) is 17.8. The third-order valence-electron chi connectivity index (χ3n) is 4.99. The number of rotatable bonds is 4. The lowest BCUT2D eigenvalue weighted by Gasteiger charge is -2.23. The third kappa shape index (κ3) is 2.72. The molecule has 0 aliphatic heterocycles. The number of hydrogen-bond donors (Lipinski definition) is 2. The Labute approximate surface area is 161 Å². The number of oxazole rings is 1. The van der Waals surface area contributed by atoms with E-state index in [1.54, 1.807) is 20.4 Å². The lowest BCUT2D eigenvalue weighted by Crippen LogP contribution is -2.34. The van der Waals surface area contributed by atoms with Gasteiger partial charge in [-0.2, -0.15) is 4.98 Å². The molecule has 3 aromatic heterocycles. The predicted molar refractivity (Wildman–Crippen MR) is 107 cm³/mol. The summed E-state index contributed by atoms with van der Waals surface area (Å²) in [6.45, 7) is 1.91. The maximum atomic E-state index is 11.5. The first-order chi connectivity index (χ1) is 13.4. The SMILES string of the molecule is CNc1nc2oc(-c3cccc(C(C)N(C)C(N)=O)c3)nc2c2c1ncn2C. The van der Waals surface area contributed by atoms with Crippen LogP contribution in [-0.2, 0) is 7.05 Å². The number of aromatic nitrogens is 4. The van der Waals surface area contributed by atoms with E-state index in [1.165, 1.54) is 4.90 Å². The van der Waals surface area contributed by atoms with Crippen molar-refractivity contribution >= 4 is 34.1 Å². The number of nitrogens with zero attached hydrogens (tertiary/aromatic N) is 5. The van der Waals surface area contributed by atoms with E-state index in [9.17, 15) is 4.79 Å². The van der Waals surface area contributed by atoms with Gasteiger partial charge in [0.15, 0.2) is 11.3 Å². The Kier molecular flexibility index (Phi) is 4.14. The van der Waals surface area contributed by atoms with Crippen LogP contribution in [0.15, 0.2) is 35.0 Å². The van der Waals surface area contributed by atoms with Gasteiger partial charge in [-0.05, 0) is 24.6 Å². The molecule has 144 valence electrons. The van der Waals surface area contributed by atoms with E-state index in [1.807, 2.05) is 42.8 Å². The number of nitrogens with two attached hydrogens (primary N) is 1. The van der Waals surface area contributed by atoms with Crippen molar-refractivity contribution in [1.82, 2.24) is 24.4 Å². The van der Waals surface area contributed by atoms with Crippen molar-refractivity contribution in [2.45, 2.75) is 13.0 Å². The van der Waals surface area contributed by atoms with Gasteiger partial charge in [-0.25, -0.2) is 14.8 Å². The molecule has 9 heteroatoms. The molecule has 4 aromatic rings. The van der Waals surface area contributed by atoms with Gasteiger partial charge in [0.25, 0.3) is 5.71 Å². The Bertz CT molecular complexity index is 1190. The van der Waals surface area contributed by atoms with E-state index < -0.39 is 6.03 Å². The number of anilines is 1. The fourth-order valence-electron chi connectivity index (χ4n) is 3.22. The molecule has 9 nitrogen and oxygen atoms in total. The number of fused-ring (bicyclic) bond motifs is 3. The Morgan fingerprint density at radius 1 is 1.32 bits per heavy atom. The molecule has 0 fully saturated rings. The summed E-state index contributed by atoms with van der Waals surface area (Å²) in [4.78, 5) is 26.5. The van der Waals surface area contributed by atoms with Gasteiger partial charge in [0.2, 0.25) is 5.89 Å². The summed E-state index contributed by atoms with van der Waals surface area (Å²) >= 11 is 0. The monoisotopic (exact) mass is 379 g/mol. The topological polar surface area (TPSA) is 115 Å². The molecular formula is C19H21N7O2. The van der Waals surface area contributed by atoms with E-state index in [0.29, 0.717) is 22.9 Å². The van der Waals surface area contributed by atoms with Crippen molar-refractivity contribution < 1.29 is 9.21 Å². The molecule has 0 aliphatic carbocycles. The highest BCUT2D eigenvalue weighted by molar-refractivity contribution is 6.03. The van der Waals surface area contributed by atoms with Crippen LogP contribution in [0.3, 0.4) is 0 Å². The molecule has 0 saturated heterocycles. The third-order valence-corrected chi connectivity index (χ3v) is 4.99. The number of aryl methyl sites for hydroxylation is 1. The zero-order valence-electron chi connectivity index (χ0n) is 16.1. The van der Waals surface area contributed by atoms with Gasteiger partial charge in [-0.1, -0.05) is 12.1 Å². The molecule has 1 unspecified atom stereocenters. The van der Waals surface area contributed by atoms with Crippen molar-refractivity contribution in [3.05, 3.63) is 36.2 Å². The maximum Gasteiger partial charge on any atom is 0.315 e. The number of urea groups is 1. The van der Waals surface area contributed by atoms with Crippen LogP contribution in [-0.4, -0.2) is 44.5 Å². The number of carbonyl (C=O) groups is 1. The van der Waals surface area contributed by atoms with Crippen LogP contribution in [0.2, 0.25) is 0 Å². The van der Waals surface area contributed by atoms with Crippen LogP contribution in [0, 0.1) is 0 Å². The van der Waals surface area contributed by atoms with Gasteiger partial charge in [-0.15, -0.1) is 0 Å². The van der Waals surface area contributed by atoms with Gasteiger partial charge < -0.3 is 24.9 Å². The fraction of sp³-hybridized carbons (Fsp3) is 0.263. The Morgan fingerprint density at radius 2 is 2.11 bits per heavy atom. The molecule has 0 bridgehead atoms. The second kappa shape index (κ2) is 6.52. The summed E-state index contributed by atoms with van der Waals surface area (Å²) in [6, 6.07) is 7.02. The van der Waals surface area contributed by atoms with E-state index in [0.717, 1.165) is 22.2 Å². The highest BCUT2D eigenvalue weighted by Crippen LogP contribution is 2.32. The Balaban J connectivity index is 1.84. The fourth-order valence-corrected chi connectivity index (χ4v) is 3.22. The Morgan fingerprint density at radius 3 is 2.82 bits per heavy atom. The van der Waals surface area contributed by atoms with E-state index in [4.69, 9.17) is 10.2 Å². The average molecular weight is 379 g/mol. The number of benzene rings is 1.